The average Bonchev–Trinajstić information content (AvgIpc) is 3.42. The average molecular weight is 462 g/mol. The number of aromatic amines is 2. The summed E-state index contributed by atoms with van der Waals surface area (Å²) in [6.45, 7) is 2.03. The monoisotopic (exact) mass is 462 g/mol. The van der Waals surface area contributed by atoms with Gasteiger partial charge in [-0.05, 0) is 60.5 Å². The number of benzene rings is 1. The number of nitrogens with zero attached hydrogens (tertiary/aromatic N) is 4. The van der Waals surface area contributed by atoms with Crippen LogP contribution in [0.25, 0.3) is 45.5 Å². The number of hydrogen-bond donors (Lipinski definition) is 2. The van der Waals surface area contributed by atoms with E-state index in [0.717, 1.165) is 33.6 Å². The van der Waals surface area contributed by atoms with E-state index in [9.17, 15) is 4.39 Å². The van der Waals surface area contributed by atoms with Gasteiger partial charge in [0, 0.05) is 35.7 Å². The number of ether oxygens (including phenoxy) is 1. The van der Waals surface area contributed by atoms with Gasteiger partial charge in [-0.2, -0.15) is 5.10 Å². The largest absolute Gasteiger partial charge is 0.497 e. The standard InChI is InChI=1S/C27H19FN6O/c1-15-9-10-29-14-20(15)21-7-8-23-25(30-21)26(34-33-23)27-31-22-6-4-3-5-19(24(22)32-27)16-11-17(28)13-18(12-16)35-2/h3,5-14H,1-2H3,(H,31,32)(H,33,34). The van der Waals surface area contributed by atoms with Gasteiger partial charge < -0.3 is 9.72 Å². The molecule has 4 aromatic heterocycles. The number of halogens is 1. The molecule has 5 aromatic rings. The summed E-state index contributed by atoms with van der Waals surface area (Å²) < 4.78 is 19.5. The normalized spacial score (nSPS) is 12.5. The molecule has 0 fully saturated rings. The second-order valence-corrected chi connectivity index (χ2v) is 8.14. The van der Waals surface area contributed by atoms with E-state index in [1.807, 2.05) is 31.2 Å². The Hall–Kier alpha value is -4.81. The molecule has 1 aromatic carbocycles. The minimum atomic E-state index is -0.389. The van der Waals surface area contributed by atoms with Crippen molar-refractivity contribution < 1.29 is 9.13 Å². The van der Waals surface area contributed by atoms with E-state index in [1.54, 1.807) is 30.6 Å². The number of aryl methyl sites for hydroxylation is 1. The fourth-order valence-corrected chi connectivity index (χ4v) is 4.17. The number of nitrogens with one attached hydrogen (secondary N) is 2. The van der Waals surface area contributed by atoms with Gasteiger partial charge in [0.05, 0.1) is 29.7 Å². The Morgan fingerprint density at radius 2 is 1.97 bits per heavy atom. The zero-order valence-corrected chi connectivity index (χ0v) is 18.9. The SMILES string of the molecule is COc1cc(F)cc(C2=CC=C=Cc3[nH]c(-c4n[nH]c5ccc(-c6cnccc6C)nc45)nc32)c1. The van der Waals surface area contributed by atoms with Gasteiger partial charge >= 0.3 is 0 Å². The maximum absolute atomic E-state index is 14.3. The van der Waals surface area contributed by atoms with Crippen LogP contribution < -0.4 is 4.74 Å². The molecule has 0 aliphatic heterocycles. The zero-order valence-electron chi connectivity index (χ0n) is 18.9. The van der Waals surface area contributed by atoms with Crippen LogP contribution in [0.4, 0.5) is 4.39 Å². The first-order valence-corrected chi connectivity index (χ1v) is 11.0. The highest BCUT2D eigenvalue weighted by atomic mass is 19.1. The predicted molar refractivity (Wildman–Crippen MR) is 132 cm³/mol. The Morgan fingerprint density at radius 1 is 1.06 bits per heavy atom. The van der Waals surface area contributed by atoms with E-state index in [2.05, 4.69) is 25.9 Å². The summed E-state index contributed by atoms with van der Waals surface area (Å²) in [7, 11) is 1.51. The van der Waals surface area contributed by atoms with Gasteiger partial charge in [-0.3, -0.25) is 10.1 Å². The molecule has 2 N–H and O–H groups in total. The van der Waals surface area contributed by atoms with Crippen LogP contribution in [0.15, 0.2) is 66.7 Å². The first kappa shape index (κ1) is 20.8. The summed E-state index contributed by atoms with van der Waals surface area (Å²) in [5.74, 6) is 0.586. The number of fused-ring (bicyclic) bond motifs is 2. The number of aromatic nitrogens is 6. The van der Waals surface area contributed by atoms with Crippen LogP contribution in [0.1, 0.15) is 22.5 Å². The first-order valence-electron chi connectivity index (χ1n) is 11.0. The molecule has 0 saturated heterocycles. The summed E-state index contributed by atoms with van der Waals surface area (Å²) in [5, 5.41) is 7.53. The van der Waals surface area contributed by atoms with Crippen molar-refractivity contribution in [2.24, 2.45) is 0 Å². The van der Waals surface area contributed by atoms with Crippen molar-refractivity contribution in [1.82, 2.24) is 30.1 Å². The number of imidazole rings is 1. The lowest BCUT2D eigenvalue weighted by atomic mass is 10.0. The third kappa shape index (κ3) is 3.62. The van der Waals surface area contributed by atoms with E-state index in [1.165, 1.54) is 19.2 Å². The van der Waals surface area contributed by atoms with Gasteiger partial charge in [-0.1, -0.05) is 0 Å². The molecule has 4 heterocycles. The highest BCUT2D eigenvalue weighted by Crippen LogP contribution is 2.33. The van der Waals surface area contributed by atoms with E-state index < -0.39 is 0 Å². The Labute approximate surface area is 199 Å². The summed E-state index contributed by atoms with van der Waals surface area (Å²) in [5.41, 5.74) is 10.8. The molecule has 8 heteroatoms. The van der Waals surface area contributed by atoms with Crippen molar-refractivity contribution in [2.45, 2.75) is 6.92 Å². The van der Waals surface area contributed by atoms with Crippen molar-refractivity contribution in [3.8, 4) is 28.5 Å². The third-order valence-corrected chi connectivity index (χ3v) is 5.93. The number of hydrogen-bond acceptors (Lipinski definition) is 5. The molecule has 0 unspecified atom stereocenters. The second kappa shape index (κ2) is 8.20. The van der Waals surface area contributed by atoms with E-state index in [4.69, 9.17) is 14.7 Å². The first-order chi connectivity index (χ1) is 17.1. The van der Waals surface area contributed by atoms with Crippen LogP contribution in [0.5, 0.6) is 5.75 Å². The van der Waals surface area contributed by atoms with Crippen molar-refractivity contribution in [3.05, 3.63) is 95.0 Å². The molecule has 6 rings (SSSR count). The smallest absolute Gasteiger partial charge is 0.161 e. The Morgan fingerprint density at radius 3 is 2.83 bits per heavy atom. The lowest BCUT2D eigenvalue weighted by Gasteiger charge is -2.08. The molecule has 0 spiro atoms. The van der Waals surface area contributed by atoms with Gasteiger partial charge in [0.1, 0.15) is 17.1 Å². The minimum Gasteiger partial charge on any atom is -0.497 e. The van der Waals surface area contributed by atoms with E-state index >= 15 is 0 Å². The quantitative estimate of drug-likeness (QED) is 0.345. The minimum absolute atomic E-state index is 0.389. The Kier molecular flexibility index (Phi) is 4.87. The molecule has 170 valence electrons. The molecule has 0 atom stereocenters. The van der Waals surface area contributed by atoms with E-state index in [-0.39, 0.29) is 5.82 Å². The van der Waals surface area contributed by atoms with Gasteiger partial charge in [0.15, 0.2) is 11.5 Å². The van der Waals surface area contributed by atoms with Crippen LogP contribution in [0.3, 0.4) is 0 Å². The lowest BCUT2D eigenvalue weighted by Crippen LogP contribution is -1.94. The van der Waals surface area contributed by atoms with Gasteiger partial charge in [-0.15, -0.1) is 5.73 Å². The maximum Gasteiger partial charge on any atom is 0.161 e. The molecule has 1 aliphatic carbocycles. The summed E-state index contributed by atoms with van der Waals surface area (Å²) >= 11 is 0. The van der Waals surface area contributed by atoms with Crippen molar-refractivity contribution in [3.63, 3.8) is 0 Å². The number of pyridine rings is 2. The lowest BCUT2D eigenvalue weighted by molar-refractivity contribution is 0.411. The molecular formula is C27H19FN6O. The molecule has 0 saturated carbocycles. The fourth-order valence-electron chi connectivity index (χ4n) is 4.17. The van der Waals surface area contributed by atoms with Gasteiger partial charge in [0.25, 0.3) is 0 Å². The predicted octanol–water partition coefficient (Wildman–Crippen LogP) is 5.48. The molecule has 0 bridgehead atoms. The van der Waals surface area contributed by atoms with Gasteiger partial charge in [-0.25, -0.2) is 14.4 Å². The summed E-state index contributed by atoms with van der Waals surface area (Å²) in [4.78, 5) is 17.3. The fraction of sp³-hybridized carbons (Fsp3) is 0.0741. The number of allylic oxidation sites excluding steroid dienone is 2. The highest BCUT2D eigenvalue weighted by Gasteiger charge is 2.21. The number of rotatable bonds is 4. The second-order valence-electron chi connectivity index (χ2n) is 8.14. The molecule has 7 nitrogen and oxygen atoms in total. The Balaban J connectivity index is 1.48. The molecule has 0 radical (unpaired) electrons. The molecular weight excluding hydrogens is 443 g/mol. The topological polar surface area (TPSA) is 92.4 Å². The maximum atomic E-state index is 14.3. The van der Waals surface area contributed by atoms with Crippen LogP contribution in [-0.4, -0.2) is 37.2 Å². The van der Waals surface area contributed by atoms with Crippen molar-refractivity contribution in [1.29, 1.82) is 0 Å². The van der Waals surface area contributed by atoms with Crippen LogP contribution in [0, 0.1) is 12.7 Å². The van der Waals surface area contributed by atoms with Gasteiger partial charge in [0.2, 0.25) is 0 Å². The van der Waals surface area contributed by atoms with E-state index in [0.29, 0.717) is 34.0 Å². The van der Waals surface area contributed by atoms with Crippen molar-refractivity contribution >= 4 is 22.7 Å². The third-order valence-electron chi connectivity index (χ3n) is 5.93. The number of methoxy groups -OCH3 is 1. The van der Waals surface area contributed by atoms with Crippen molar-refractivity contribution in [2.75, 3.05) is 7.11 Å². The summed E-state index contributed by atoms with van der Waals surface area (Å²) in [6.07, 6.45) is 9.00. The molecule has 0 amide bonds. The molecule has 1 aliphatic rings. The Bertz CT molecular complexity index is 1700. The molecule has 35 heavy (non-hydrogen) atoms. The summed E-state index contributed by atoms with van der Waals surface area (Å²) in [6, 6.07) is 10.4. The zero-order chi connectivity index (χ0) is 23.9. The van der Waals surface area contributed by atoms with Crippen LogP contribution in [0.2, 0.25) is 0 Å². The number of H-pyrrole nitrogens is 2. The van der Waals surface area contributed by atoms with Crippen LogP contribution >= 0.6 is 0 Å². The van der Waals surface area contributed by atoms with Crippen LogP contribution in [-0.2, 0) is 0 Å². The highest BCUT2D eigenvalue weighted by molar-refractivity contribution is 5.91.